The Morgan fingerprint density at radius 3 is 2.63 bits per heavy atom. The van der Waals surface area contributed by atoms with Gasteiger partial charge in [-0.1, -0.05) is 47.1 Å². The van der Waals surface area contributed by atoms with Crippen LogP contribution < -0.4 is 5.73 Å². The Kier molecular flexibility index (Phi) is 4.48. The molecule has 1 amide bonds. The fraction of sp³-hybridized carbons (Fsp3) is 0.136. The van der Waals surface area contributed by atoms with E-state index in [-0.39, 0.29) is 5.82 Å². The van der Waals surface area contributed by atoms with Crippen molar-refractivity contribution in [3.8, 4) is 0 Å². The smallest absolute Gasteiger partial charge is 0.249 e. The SMILES string of the molecule is CCc1ccc2c3c(C(N)=O)cccc3n(Cc3ccc(Br)cc3F)c2c1. The summed E-state index contributed by atoms with van der Waals surface area (Å²) in [6.07, 6.45) is 0.896. The number of aryl methyl sites for hydroxylation is 1. The summed E-state index contributed by atoms with van der Waals surface area (Å²) in [5.74, 6) is -0.730. The van der Waals surface area contributed by atoms with E-state index < -0.39 is 5.91 Å². The van der Waals surface area contributed by atoms with E-state index in [0.29, 0.717) is 22.1 Å². The van der Waals surface area contributed by atoms with Crippen molar-refractivity contribution < 1.29 is 9.18 Å². The predicted octanol–water partition coefficient (Wildman–Crippen LogP) is 5.41. The first-order chi connectivity index (χ1) is 13.0. The van der Waals surface area contributed by atoms with Crippen molar-refractivity contribution >= 4 is 43.6 Å². The van der Waals surface area contributed by atoms with E-state index >= 15 is 0 Å². The number of fused-ring (bicyclic) bond motifs is 3. The lowest BCUT2D eigenvalue weighted by Gasteiger charge is -2.10. The molecule has 0 saturated carbocycles. The molecule has 0 fully saturated rings. The molecule has 0 unspecified atom stereocenters. The predicted molar refractivity (Wildman–Crippen MR) is 111 cm³/mol. The van der Waals surface area contributed by atoms with Gasteiger partial charge >= 0.3 is 0 Å². The first-order valence-corrected chi connectivity index (χ1v) is 9.56. The number of rotatable bonds is 4. The molecular weight excluding hydrogens is 407 g/mol. The lowest BCUT2D eigenvalue weighted by molar-refractivity contribution is 0.100. The summed E-state index contributed by atoms with van der Waals surface area (Å²) in [5.41, 5.74) is 9.71. The number of aromatic nitrogens is 1. The zero-order valence-electron chi connectivity index (χ0n) is 14.8. The fourth-order valence-corrected chi connectivity index (χ4v) is 3.94. The third kappa shape index (κ3) is 3.02. The first-order valence-electron chi connectivity index (χ1n) is 8.77. The lowest BCUT2D eigenvalue weighted by Crippen LogP contribution is -2.11. The molecule has 3 nitrogen and oxygen atoms in total. The zero-order chi connectivity index (χ0) is 19.1. The topological polar surface area (TPSA) is 48.0 Å². The van der Waals surface area contributed by atoms with Crippen molar-refractivity contribution in [2.75, 3.05) is 0 Å². The van der Waals surface area contributed by atoms with Gasteiger partial charge < -0.3 is 10.3 Å². The molecule has 0 saturated heterocycles. The molecule has 1 aromatic heterocycles. The summed E-state index contributed by atoms with van der Waals surface area (Å²) < 4.78 is 17.2. The number of benzene rings is 3. The van der Waals surface area contributed by atoms with Crippen molar-refractivity contribution in [3.05, 3.63) is 81.6 Å². The quantitative estimate of drug-likeness (QED) is 0.467. The maximum atomic E-state index is 14.5. The minimum atomic E-state index is -0.464. The highest BCUT2D eigenvalue weighted by Crippen LogP contribution is 2.33. The summed E-state index contributed by atoms with van der Waals surface area (Å²) in [7, 11) is 0. The molecule has 136 valence electrons. The van der Waals surface area contributed by atoms with E-state index in [1.54, 1.807) is 12.1 Å². The number of hydrogen-bond donors (Lipinski definition) is 1. The number of amides is 1. The molecule has 0 bridgehead atoms. The van der Waals surface area contributed by atoms with Crippen LogP contribution in [0.15, 0.2) is 59.1 Å². The Labute approximate surface area is 164 Å². The van der Waals surface area contributed by atoms with Crippen molar-refractivity contribution in [2.24, 2.45) is 5.73 Å². The van der Waals surface area contributed by atoms with Crippen LogP contribution in [0, 0.1) is 5.82 Å². The molecule has 4 aromatic rings. The number of nitrogens with zero attached hydrogens (tertiary/aromatic N) is 1. The van der Waals surface area contributed by atoms with Crippen LogP contribution in [0.2, 0.25) is 0 Å². The van der Waals surface area contributed by atoms with Crippen LogP contribution in [-0.4, -0.2) is 10.5 Å². The van der Waals surface area contributed by atoms with Gasteiger partial charge in [0.25, 0.3) is 0 Å². The monoisotopic (exact) mass is 424 g/mol. The van der Waals surface area contributed by atoms with Crippen molar-refractivity contribution in [2.45, 2.75) is 19.9 Å². The second-order valence-corrected chi connectivity index (χ2v) is 7.51. The van der Waals surface area contributed by atoms with Crippen LogP contribution in [-0.2, 0) is 13.0 Å². The van der Waals surface area contributed by atoms with Crippen LogP contribution in [0.4, 0.5) is 4.39 Å². The molecule has 0 aliphatic heterocycles. The number of carbonyl (C=O) groups excluding carboxylic acids is 1. The highest BCUT2D eigenvalue weighted by Gasteiger charge is 2.17. The molecule has 2 N–H and O–H groups in total. The molecule has 0 aliphatic rings. The average molecular weight is 425 g/mol. The number of halogens is 2. The van der Waals surface area contributed by atoms with Gasteiger partial charge in [0.1, 0.15) is 5.82 Å². The van der Waals surface area contributed by atoms with Crippen LogP contribution in [0.3, 0.4) is 0 Å². The first kappa shape index (κ1) is 17.7. The van der Waals surface area contributed by atoms with E-state index in [1.165, 1.54) is 11.6 Å². The standard InChI is InChI=1S/C22H18BrFN2O/c1-2-13-6-9-16-20(10-13)26(12-14-7-8-15(23)11-18(14)24)19-5-3-4-17(21(16)19)22(25)27/h3-11H,2,12H2,1H3,(H2,25,27). The van der Waals surface area contributed by atoms with E-state index in [2.05, 4.69) is 39.6 Å². The van der Waals surface area contributed by atoms with Gasteiger partial charge in [-0.2, -0.15) is 0 Å². The van der Waals surface area contributed by atoms with E-state index in [4.69, 9.17) is 5.73 Å². The molecule has 5 heteroatoms. The molecule has 4 rings (SSSR count). The van der Waals surface area contributed by atoms with Gasteiger partial charge in [0.2, 0.25) is 5.91 Å². The molecular formula is C22H18BrFN2O. The average Bonchev–Trinajstić information content (AvgIpc) is 2.97. The van der Waals surface area contributed by atoms with Crippen LogP contribution in [0.5, 0.6) is 0 Å². The zero-order valence-corrected chi connectivity index (χ0v) is 16.4. The summed E-state index contributed by atoms with van der Waals surface area (Å²) in [6, 6.07) is 16.8. The van der Waals surface area contributed by atoms with Gasteiger partial charge in [-0.25, -0.2) is 4.39 Å². The normalized spacial score (nSPS) is 11.4. The van der Waals surface area contributed by atoms with Gasteiger partial charge in [0.05, 0.1) is 12.1 Å². The second-order valence-electron chi connectivity index (χ2n) is 6.59. The molecule has 0 radical (unpaired) electrons. The van der Waals surface area contributed by atoms with E-state index in [9.17, 15) is 9.18 Å². The third-order valence-electron chi connectivity index (χ3n) is 4.97. The third-order valence-corrected chi connectivity index (χ3v) is 5.47. The van der Waals surface area contributed by atoms with Crippen LogP contribution >= 0.6 is 15.9 Å². The van der Waals surface area contributed by atoms with Gasteiger partial charge in [-0.15, -0.1) is 0 Å². The molecule has 0 aliphatic carbocycles. The minimum Gasteiger partial charge on any atom is -0.366 e. The lowest BCUT2D eigenvalue weighted by atomic mass is 10.0. The van der Waals surface area contributed by atoms with Gasteiger partial charge in [0, 0.05) is 31.9 Å². The largest absolute Gasteiger partial charge is 0.366 e. The summed E-state index contributed by atoms with van der Waals surface area (Å²) in [4.78, 5) is 12.0. The second kappa shape index (κ2) is 6.82. The van der Waals surface area contributed by atoms with Gasteiger partial charge in [-0.05, 0) is 42.3 Å². The van der Waals surface area contributed by atoms with Crippen LogP contribution in [0.25, 0.3) is 21.8 Å². The molecule has 0 spiro atoms. The maximum absolute atomic E-state index is 14.5. The number of carbonyl (C=O) groups is 1. The summed E-state index contributed by atoms with van der Waals surface area (Å²) in [6.45, 7) is 2.46. The van der Waals surface area contributed by atoms with Crippen molar-refractivity contribution in [3.63, 3.8) is 0 Å². The Morgan fingerprint density at radius 1 is 1.11 bits per heavy atom. The van der Waals surface area contributed by atoms with E-state index in [1.807, 2.05) is 24.3 Å². The van der Waals surface area contributed by atoms with Crippen molar-refractivity contribution in [1.82, 2.24) is 4.57 Å². The van der Waals surface area contributed by atoms with E-state index in [0.717, 1.165) is 28.2 Å². The van der Waals surface area contributed by atoms with Gasteiger partial charge in [-0.3, -0.25) is 4.79 Å². The Hall–Kier alpha value is -2.66. The summed E-state index contributed by atoms with van der Waals surface area (Å²) in [5, 5.41) is 1.77. The number of primary amides is 1. The molecule has 3 aromatic carbocycles. The molecule has 0 atom stereocenters. The van der Waals surface area contributed by atoms with Gasteiger partial charge in [0.15, 0.2) is 0 Å². The number of nitrogens with two attached hydrogens (primary N) is 1. The van der Waals surface area contributed by atoms with Crippen LogP contribution in [0.1, 0.15) is 28.4 Å². The number of hydrogen-bond acceptors (Lipinski definition) is 1. The highest BCUT2D eigenvalue weighted by molar-refractivity contribution is 9.10. The highest BCUT2D eigenvalue weighted by atomic mass is 79.9. The molecule has 27 heavy (non-hydrogen) atoms. The minimum absolute atomic E-state index is 0.267. The molecule has 1 heterocycles. The Balaban J connectivity index is 2.04. The summed E-state index contributed by atoms with van der Waals surface area (Å²) >= 11 is 3.30. The fourth-order valence-electron chi connectivity index (χ4n) is 3.61. The Bertz CT molecular complexity index is 1200. The maximum Gasteiger partial charge on any atom is 0.249 e. The van der Waals surface area contributed by atoms with Crippen molar-refractivity contribution in [1.29, 1.82) is 0 Å². The Morgan fingerprint density at radius 2 is 1.93 bits per heavy atom.